The molecule has 3 heteroatoms. The van der Waals surface area contributed by atoms with E-state index in [-0.39, 0.29) is 0 Å². The van der Waals surface area contributed by atoms with Crippen LogP contribution in [0.2, 0.25) is 0 Å². The molecule has 0 aliphatic carbocycles. The van der Waals surface area contributed by atoms with Crippen LogP contribution >= 0.6 is 0 Å². The van der Waals surface area contributed by atoms with Crippen LogP contribution in [0.3, 0.4) is 0 Å². The number of benzene rings is 2. The fraction of sp³-hybridized carbons (Fsp3) is 0.136. The van der Waals surface area contributed by atoms with E-state index in [0.29, 0.717) is 6.54 Å². The van der Waals surface area contributed by atoms with Gasteiger partial charge in [-0.05, 0) is 42.6 Å². The lowest BCUT2D eigenvalue weighted by atomic mass is 10.0. The van der Waals surface area contributed by atoms with E-state index < -0.39 is 0 Å². The highest BCUT2D eigenvalue weighted by atomic mass is 15.0. The van der Waals surface area contributed by atoms with Gasteiger partial charge in [0.15, 0.2) is 0 Å². The molecule has 0 amide bonds. The van der Waals surface area contributed by atoms with Gasteiger partial charge in [0.25, 0.3) is 0 Å². The first-order valence-electron chi connectivity index (χ1n) is 8.69. The molecule has 4 aromatic rings. The Morgan fingerprint density at radius 2 is 1.44 bits per heavy atom. The summed E-state index contributed by atoms with van der Waals surface area (Å²) in [5.74, 6) is 0. The Morgan fingerprint density at radius 1 is 0.760 bits per heavy atom. The van der Waals surface area contributed by atoms with Gasteiger partial charge in [0.1, 0.15) is 5.65 Å². The fourth-order valence-corrected chi connectivity index (χ4v) is 3.24. The monoisotopic (exact) mass is 327 g/mol. The maximum atomic E-state index is 5.73. The van der Waals surface area contributed by atoms with Crippen molar-refractivity contribution in [1.29, 1.82) is 0 Å². The molecule has 2 N–H and O–H groups in total. The van der Waals surface area contributed by atoms with Crippen LogP contribution in [-0.2, 0) is 6.42 Å². The smallest absolute Gasteiger partial charge is 0.137 e. The Kier molecular flexibility index (Phi) is 4.32. The van der Waals surface area contributed by atoms with Crippen LogP contribution in [0.25, 0.3) is 28.0 Å². The van der Waals surface area contributed by atoms with Crippen molar-refractivity contribution < 1.29 is 0 Å². The number of hydrogen-bond donors (Lipinski definition) is 1. The van der Waals surface area contributed by atoms with Gasteiger partial charge in [-0.25, -0.2) is 4.98 Å². The molecule has 0 saturated heterocycles. The van der Waals surface area contributed by atoms with Gasteiger partial charge in [0.2, 0.25) is 0 Å². The predicted molar refractivity (Wildman–Crippen MR) is 103 cm³/mol. The lowest BCUT2D eigenvalue weighted by Gasteiger charge is -2.06. The molecule has 0 fully saturated rings. The second-order valence-corrected chi connectivity index (χ2v) is 6.17. The Balaban J connectivity index is 1.76. The van der Waals surface area contributed by atoms with Crippen LogP contribution in [0.4, 0.5) is 0 Å². The zero-order chi connectivity index (χ0) is 17.1. The third-order valence-electron chi connectivity index (χ3n) is 4.51. The first-order chi connectivity index (χ1) is 12.4. The van der Waals surface area contributed by atoms with Gasteiger partial charge >= 0.3 is 0 Å². The third kappa shape index (κ3) is 3.06. The van der Waals surface area contributed by atoms with Gasteiger partial charge in [-0.1, -0.05) is 60.7 Å². The van der Waals surface area contributed by atoms with Gasteiger partial charge in [0, 0.05) is 11.8 Å². The van der Waals surface area contributed by atoms with Crippen LogP contribution in [-0.4, -0.2) is 15.9 Å². The highest BCUT2D eigenvalue weighted by Crippen LogP contribution is 2.28. The molecule has 0 bridgehead atoms. The quantitative estimate of drug-likeness (QED) is 0.584. The van der Waals surface area contributed by atoms with Gasteiger partial charge in [-0.3, -0.25) is 0 Å². The Hall–Kier alpha value is -2.91. The zero-order valence-electron chi connectivity index (χ0n) is 14.1. The first kappa shape index (κ1) is 15.6. The van der Waals surface area contributed by atoms with Crippen LogP contribution in [0.5, 0.6) is 0 Å². The number of aromatic nitrogens is 2. The first-order valence-corrected chi connectivity index (χ1v) is 8.69. The maximum Gasteiger partial charge on any atom is 0.137 e. The van der Waals surface area contributed by atoms with E-state index in [1.165, 1.54) is 16.8 Å². The largest absolute Gasteiger partial charge is 0.330 e. The molecule has 0 aliphatic heterocycles. The van der Waals surface area contributed by atoms with E-state index in [9.17, 15) is 0 Å². The molecule has 0 saturated carbocycles. The molecule has 3 nitrogen and oxygen atoms in total. The molecule has 0 unspecified atom stereocenters. The topological polar surface area (TPSA) is 43.3 Å². The number of rotatable bonds is 5. The average molecular weight is 327 g/mol. The summed E-state index contributed by atoms with van der Waals surface area (Å²) in [6.07, 6.45) is 3.96. The molecule has 0 radical (unpaired) electrons. The van der Waals surface area contributed by atoms with Crippen LogP contribution in [0, 0.1) is 0 Å². The number of nitrogens with two attached hydrogens (primary N) is 1. The highest BCUT2D eigenvalue weighted by Gasteiger charge is 2.13. The van der Waals surface area contributed by atoms with Crippen molar-refractivity contribution in [2.75, 3.05) is 6.54 Å². The normalized spacial score (nSPS) is 11.1. The van der Waals surface area contributed by atoms with Crippen molar-refractivity contribution in [2.24, 2.45) is 5.73 Å². The molecule has 4 rings (SSSR count). The Labute approximate surface area is 147 Å². The minimum absolute atomic E-state index is 0.687. The summed E-state index contributed by atoms with van der Waals surface area (Å²) in [4.78, 5) is 4.86. The second kappa shape index (κ2) is 6.91. The average Bonchev–Trinajstić information content (AvgIpc) is 3.06. The lowest BCUT2D eigenvalue weighted by molar-refractivity contribution is 0.804. The summed E-state index contributed by atoms with van der Waals surface area (Å²) in [7, 11) is 0. The molecular formula is C22H21N3. The van der Waals surface area contributed by atoms with Gasteiger partial charge in [-0.15, -0.1) is 0 Å². The minimum atomic E-state index is 0.687. The summed E-state index contributed by atoms with van der Waals surface area (Å²) < 4.78 is 2.18. The second-order valence-electron chi connectivity index (χ2n) is 6.17. The number of fused-ring (bicyclic) bond motifs is 1. The molecule has 124 valence electrons. The summed E-state index contributed by atoms with van der Waals surface area (Å²) >= 11 is 0. The van der Waals surface area contributed by atoms with E-state index in [1.54, 1.807) is 0 Å². The summed E-state index contributed by atoms with van der Waals surface area (Å²) in [5, 5.41) is 0. The summed E-state index contributed by atoms with van der Waals surface area (Å²) in [5.41, 5.74) is 12.6. The van der Waals surface area contributed by atoms with Crippen LogP contribution in [0.1, 0.15) is 12.1 Å². The molecule has 0 atom stereocenters. The zero-order valence-corrected chi connectivity index (χ0v) is 14.1. The number of hydrogen-bond acceptors (Lipinski definition) is 2. The van der Waals surface area contributed by atoms with Crippen LogP contribution in [0.15, 0.2) is 79.0 Å². The number of aryl methyl sites for hydroxylation is 1. The van der Waals surface area contributed by atoms with E-state index >= 15 is 0 Å². The van der Waals surface area contributed by atoms with Crippen LogP contribution < -0.4 is 5.73 Å². The standard InChI is InChI=1S/C22H21N3/c23-15-6-9-20-22(24-21-10-4-5-16-25(20)21)19-13-11-18(12-14-19)17-7-2-1-3-8-17/h1-5,7-8,10-14,16H,6,9,15,23H2. The van der Waals surface area contributed by atoms with Crippen molar-refractivity contribution in [3.63, 3.8) is 0 Å². The van der Waals surface area contributed by atoms with E-state index in [2.05, 4.69) is 59.1 Å². The molecule has 2 aromatic carbocycles. The van der Waals surface area contributed by atoms with Gasteiger partial charge in [0.05, 0.1) is 11.4 Å². The number of nitrogens with zero attached hydrogens (tertiary/aromatic N) is 2. The molecule has 25 heavy (non-hydrogen) atoms. The summed E-state index contributed by atoms with van der Waals surface area (Å²) in [6, 6.07) is 25.2. The van der Waals surface area contributed by atoms with Crippen molar-refractivity contribution in [3.05, 3.63) is 84.7 Å². The number of pyridine rings is 1. The fourth-order valence-electron chi connectivity index (χ4n) is 3.24. The third-order valence-corrected chi connectivity index (χ3v) is 4.51. The SMILES string of the molecule is NCCCc1c(-c2ccc(-c3ccccc3)cc2)nc2ccccn12. The highest BCUT2D eigenvalue weighted by molar-refractivity contribution is 5.71. The maximum absolute atomic E-state index is 5.73. The van der Waals surface area contributed by atoms with E-state index in [4.69, 9.17) is 10.7 Å². The minimum Gasteiger partial charge on any atom is -0.330 e. The number of imidazole rings is 1. The van der Waals surface area contributed by atoms with Gasteiger partial charge < -0.3 is 10.1 Å². The Bertz CT molecular complexity index is 969. The lowest BCUT2D eigenvalue weighted by Crippen LogP contribution is -2.03. The van der Waals surface area contributed by atoms with E-state index in [1.807, 2.05) is 24.3 Å². The van der Waals surface area contributed by atoms with Crippen molar-refractivity contribution in [3.8, 4) is 22.4 Å². The predicted octanol–water partition coefficient (Wildman–Crippen LogP) is 4.56. The van der Waals surface area contributed by atoms with Crippen molar-refractivity contribution in [2.45, 2.75) is 12.8 Å². The van der Waals surface area contributed by atoms with Crippen molar-refractivity contribution in [1.82, 2.24) is 9.38 Å². The molecular weight excluding hydrogens is 306 g/mol. The molecule has 0 aliphatic rings. The molecule has 0 spiro atoms. The Morgan fingerprint density at radius 3 is 2.20 bits per heavy atom. The van der Waals surface area contributed by atoms with E-state index in [0.717, 1.165) is 29.7 Å². The van der Waals surface area contributed by atoms with Gasteiger partial charge in [-0.2, -0.15) is 0 Å². The van der Waals surface area contributed by atoms with Crippen molar-refractivity contribution >= 4 is 5.65 Å². The summed E-state index contributed by atoms with van der Waals surface area (Å²) in [6.45, 7) is 0.687. The molecule has 2 aromatic heterocycles. The molecule has 2 heterocycles.